The fourth-order valence-corrected chi connectivity index (χ4v) is 1.77. The molecule has 6 heteroatoms. The van der Waals surface area contributed by atoms with Crippen LogP contribution in [0.25, 0.3) is 16.7 Å². The van der Waals surface area contributed by atoms with Crippen LogP contribution in [0.5, 0.6) is 0 Å². The van der Waals surface area contributed by atoms with Crippen molar-refractivity contribution >= 4 is 22.6 Å². The summed E-state index contributed by atoms with van der Waals surface area (Å²) in [6, 6.07) is 7.17. The molecule has 0 aliphatic heterocycles. The first-order chi connectivity index (χ1) is 9.19. The quantitative estimate of drug-likeness (QED) is 0.382. The second-order valence-electron chi connectivity index (χ2n) is 3.76. The van der Waals surface area contributed by atoms with Crippen molar-refractivity contribution in [2.24, 2.45) is 5.18 Å². The highest BCUT2D eigenvalue weighted by molar-refractivity contribution is 6.00. The first-order valence-electron chi connectivity index (χ1n) is 5.69. The Hall–Kier alpha value is -2.63. The lowest BCUT2D eigenvalue weighted by Crippen LogP contribution is -2.08. The van der Waals surface area contributed by atoms with Gasteiger partial charge in [0.25, 0.3) is 0 Å². The summed E-state index contributed by atoms with van der Waals surface area (Å²) in [5.74, 6) is -1.44. The van der Waals surface area contributed by atoms with E-state index in [1.807, 2.05) is 12.1 Å². The smallest absolute Gasteiger partial charge is 0.364 e. The largest absolute Gasteiger partial charge is 0.505 e. The monoisotopic (exact) mass is 260 g/mol. The van der Waals surface area contributed by atoms with Gasteiger partial charge in [0.1, 0.15) is 0 Å². The van der Waals surface area contributed by atoms with Gasteiger partial charge in [-0.1, -0.05) is 18.2 Å². The van der Waals surface area contributed by atoms with Crippen molar-refractivity contribution in [3.05, 3.63) is 46.6 Å². The van der Waals surface area contributed by atoms with E-state index in [1.54, 1.807) is 19.1 Å². The van der Waals surface area contributed by atoms with Gasteiger partial charge in [-0.15, -0.1) is 4.91 Å². The van der Waals surface area contributed by atoms with Gasteiger partial charge in [0, 0.05) is 22.7 Å². The van der Waals surface area contributed by atoms with Gasteiger partial charge in [0.05, 0.1) is 6.61 Å². The van der Waals surface area contributed by atoms with E-state index in [-0.39, 0.29) is 6.61 Å². The SMILES string of the molecule is CCOC(=O)C(N=O)=C(O)c1c[nH]c2ccccc12. The molecular formula is C13H12N2O4. The third-order valence-corrected chi connectivity index (χ3v) is 2.63. The molecule has 0 unspecified atom stereocenters. The molecule has 2 N–H and O–H groups in total. The lowest BCUT2D eigenvalue weighted by molar-refractivity contribution is -0.138. The van der Waals surface area contributed by atoms with Crippen molar-refractivity contribution in [3.8, 4) is 0 Å². The molecule has 0 spiro atoms. The number of benzene rings is 1. The summed E-state index contributed by atoms with van der Waals surface area (Å²) >= 11 is 0. The second kappa shape index (κ2) is 5.34. The van der Waals surface area contributed by atoms with Crippen LogP contribution in [0, 0.1) is 4.91 Å². The van der Waals surface area contributed by atoms with Gasteiger partial charge in [-0.25, -0.2) is 4.79 Å². The molecule has 0 radical (unpaired) electrons. The van der Waals surface area contributed by atoms with E-state index in [4.69, 9.17) is 0 Å². The average molecular weight is 260 g/mol. The Morgan fingerprint density at radius 3 is 2.84 bits per heavy atom. The zero-order valence-electron chi connectivity index (χ0n) is 10.2. The molecular weight excluding hydrogens is 248 g/mol. The number of para-hydroxylation sites is 1. The lowest BCUT2D eigenvalue weighted by Gasteiger charge is -2.03. The molecule has 0 atom stereocenters. The van der Waals surface area contributed by atoms with E-state index >= 15 is 0 Å². The van der Waals surface area contributed by atoms with E-state index in [0.717, 1.165) is 5.52 Å². The van der Waals surface area contributed by atoms with Crippen molar-refractivity contribution < 1.29 is 14.6 Å². The Balaban J connectivity index is 2.55. The number of nitrogens with zero attached hydrogens (tertiary/aromatic N) is 1. The highest BCUT2D eigenvalue weighted by atomic mass is 16.5. The maximum atomic E-state index is 11.5. The molecule has 1 aromatic carbocycles. The minimum absolute atomic E-state index is 0.0962. The molecule has 1 aromatic heterocycles. The molecule has 98 valence electrons. The standard InChI is InChI=1S/C13H12N2O4/c1-2-19-13(17)11(15-18)12(16)9-7-14-10-6-4-3-5-8(9)10/h3-7,14,16H,2H2,1H3. The molecule has 0 fully saturated rings. The molecule has 0 saturated carbocycles. The number of fused-ring (bicyclic) bond motifs is 1. The average Bonchev–Trinajstić information content (AvgIpc) is 2.83. The topological polar surface area (TPSA) is 91.8 Å². The van der Waals surface area contributed by atoms with E-state index in [2.05, 4.69) is 14.9 Å². The maximum Gasteiger partial charge on any atom is 0.364 e. The van der Waals surface area contributed by atoms with Crippen molar-refractivity contribution in [3.63, 3.8) is 0 Å². The van der Waals surface area contributed by atoms with Gasteiger partial charge in [-0.05, 0) is 18.2 Å². The molecule has 2 rings (SSSR count). The summed E-state index contributed by atoms with van der Waals surface area (Å²) in [5, 5.41) is 13.3. The number of hydrogen-bond donors (Lipinski definition) is 2. The number of aliphatic hydroxyl groups is 1. The number of ether oxygens (including phenoxy) is 1. The maximum absolute atomic E-state index is 11.5. The molecule has 6 nitrogen and oxygen atoms in total. The minimum atomic E-state index is -0.944. The Morgan fingerprint density at radius 2 is 2.16 bits per heavy atom. The van der Waals surface area contributed by atoms with Gasteiger partial charge in [0.2, 0.25) is 5.70 Å². The fraction of sp³-hybridized carbons (Fsp3) is 0.154. The van der Waals surface area contributed by atoms with Crippen LogP contribution in [0.1, 0.15) is 12.5 Å². The first-order valence-corrected chi connectivity index (χ1v) is 5.69. The van der Waals surface area contributed by atoms with E-state index < -0.39 is 17.4 Å². The van der Waals surface area contributed by atoms with Gasteiger partial charge in [0.15, 0.2) is 5.76 Å². The number of carbonyl (C=O) groups excluding carboxylic acids is 1. The summed E-state index contributed by atoms with van der Waals surface area (Å²) in [5.41, 5.74) is 0.475. The normalized spacial score (nSPS) is 12.1. The Bertz CT molecular complexity index is 657. The van der Waals surface area contributed by atoms with Crippen LogP contribution in [-0.4, -0.2) is 22.7 Å². The number of nitrogens with one attached hydrogen (secondary N) is 1. The van der Waals surface area contributed by atoms with E-state index in [1.165, 1.54) is 6.20 Å². The van der Waals surface area contributed by atoms with Gasteiger partial charge >= 0.3 is 5.97 Å². The van der Waals surface area contributed by atoms with Crippen molar-refractivity contribution in [1.82, 2.24) is 4.98 Å². The molecule has 0 aliphatic carbocycles. The van der Waals surface area contributed by atoms with Crippen LogP contribution in [0.15, 0.2) is 41.3 Å². The Morgan fingerprint density at radius 1 is 1.42 bits per heavy atom. The zero-order valence-corrected chi connectivity index (χ0v) is 10.2. The Kier molecular flexibility index (Phi) is 3.61. The van der Waals surface area contributed by atoms with E-state index in [0.29, 0.717) is 10.9 Å². The summed E-state index contributed by atoms with van der Waals surface area (Å²) < 4.78 is 4.67. The zero-order chi connectivity index (χ0) is 13.8. The number of esters is 1. The van der Waals surface area contributed by atoms with Crippen LogP contribution in [0.3, 0.4) is 0 Å². The molecule has 0 amide bonds. The van der Waals surface area contributed by atoms with Gasteiger partial charge in [-0.3, -0.25) is 0 Å². The molecule has 0 bridgehead atoms. The third kappa shape index (κ3) is 2.33. The number of aromatic nitrogens is 1. The number of nitroso groups, excluding NO2 is 1. The number of aromatic amines is 1. The van der Waals surface area contributed by atoms with Crippen LogP contribution in [0.4, 0.5) is 0 Å². The molecule has 1 heterocycles. The summed E-state index contributed by atoms with van der Waals surface area (Å²) in [4.78, 5) is 25.1. The number of carbonyl (C=O) groups is 1. The number of hydrogen-bond acceptors (Lipinski definition) is 5. The highest BCUT2D eigenvalue weighted by Gasteiger charge is 2.21. The third-order valence-electron chi connectivity index (χ3n) is 2.63. The van der Waals surface area contributed by atoms with Gasteiger partial charge < -0.3 is 14.8 Å². The van der Waals surface area contributed by atoms with Crippen molar-refractivity contribution in [2.45, 2.75) is 6.92 Å². The predicted molar refractivity (Wildman–Crippen MR) is 70.3 cm³/mol. The Labute approximate surface area is 108 Å². The molecule has 19 heavy (non-hydrogen) atoms. The number of aliphatic hydroxyl groups excluding tert-OH is 1. The van der Waals surface area contributed by atoms with E-state index in [9.17, 15) is 14.8 Å². The van der Waals surface area contributed by atoms with Crippen LogP contribution in [0.2, 0.25) is 0 Å². The fourth-order valence-electron chi connectivity index (χ4n) is 1.77. The van der Waals surface area contributed by atoms with Crippen LogP contribution in [-0.2, 0) is 9.53 Å². The lowest BCUT2D eigenvalue weighted by atomic mass is 10.1. The summed E-state index contributed by atoms with van der Waals surface area (Å²) in [7, 11) is 0. The summed E-state index contributed by atoms with van der Waals surface area (Å²) in [6.07, 6.45) is 1.50. The van der Waals surface area contributed by atoms with Gasteiger partial charge in [-0.2, -0.15) is 0 Å². The van der Waals surface area contributed by atoms with Crippen LogP contribution >= 0.6 is 0 Å². The second-order valence-corrected chi connectivity index (χ2v) is 3.76. The van der Waals surface area contributed by atoms with Crippen LogP contribution < -0.4 is 0 Å². The number of rotatable bonds is 4. The van der Waals surface area contributed by atoms with Crippen molar-refractivity contribution in [2.75, 3.05) is 6.61 Å². The minimum Gasteiger partial charge on any atom is -0.505 e. The molecule has 0 aliphatic rings. The molecule has 0 saturated heterocycles. The molecule has 2 aromatic rings. The predicted octanol–water partition coefficient (Wildman–Crippen LogP) is 2.72. The first kappa shape index (κ1) is 12.8. The van der Waals surface area contributed by atoms with Crippen molar-refractivity contribution in [1.29, 1.82) is 0 Å². The highest BCUT2D eigenvalue weighted by Crippen LogP contribution is 2.26. The number of H-pyrrole nitrogens is 1. The summed E-state index contributed by atoms with van der Waals surface area (Å²) in [6.45, 7) is 1.70.